The predicted octanol–water partition coefficient (Wildman–Crippen LogP) is 1.76. The molecule has 0 saturated carbocycles. The maximum absolute atomic E-state index is 12.5. The van der Waals surface area contributed by atoms with Crippen molar-refractivity contribution >= 4 is 0 Å². The first-order valence-electron chi connectivity index (χ1n) is 6.05. The van der Waals surface area contributed by atoms with Crippen molar-refractivity contribution in [2.75, 3.05) is 0 Å². The summed E-state index contributed by atoms with van der Waals surface area (Å²) in [6, 6.07) is 3.06. The molecule has 22 heavy (non-hydrogen) atoms. The standard InChI is InChI=1S/C12H8F3N5O2/c13-12(14,15)11-18-9(20-22-11)7-2-3-16-10(21)8(7)5-6-1-4-17-19-6/h1-4H,5H2,(H,16,21)(H,17,19). The second-order valence-corrected chi connectivity index (χ2v) is 4.38. The van der Waals surface area contributed by atoms with Crippen LogP contribution in [-0.4, -0.2) is 25.3 Å². The summed E-state index contributed by atoms with van der Waals surface area (Å²) < 4.78 is 41.8. The Labute approximate surface area is 120 Å². The van der Waals surface area contributed by atoms with Crippen molar-refractivity contribution in [3.63, 3.8) is 0 Å². The van der Waals surface area contributed by atoms with E-state index in [1.807, 2.05) is 0 Å². The summed E-state index contributed by atoms with van der Waals surface area (Å²) in [4.78, 5) is 17.7. The van der Waals surface area contributed by atoms with Gasteiger partial charge in [0.25, 0.3) is 5.56 Å². The van der Waals surface area contributed by atoms with E-state index in [1.165, 1.54) is 18.5 Å². The molecule has 0 amide bonds. The molecule has 2 N–H and O–H groups in total. The third-order valence-corrected chi connectivity index (χ3v) is 2.90. The average Bonchev–Trinajstić information content (AvgIpc) is 3.11. The van der Waals surface area contributed by atoms with Crippen LogP contribution in [0.4, 0.5) is 13.2 Å². The zero-order valence-corrected chi connectivity index (χ0v) is 10.8. The van der Waals surface area contributed by atoms with Gasteiger partial charge in [-0.2, -0.15) is 23.3 Å². The van der Waals surface area contributed by atoms with Crippen molar-refractivity contribution in [2.24, 2.45) is 0 Å². The summed E-state index contributed by atoms with van der Waals surface area (Å²) in [6.07, 6.45) is -1.79. The molecule has 7 nitrogen and oxygen atoms in total. The number of H-pyrrole nitrogens is 2. The van der Waals surface area contributed by atoms with E-state index < -0.39 is 17.6 Å². The molecule has 114 valence electrons. The van der Waals surface area contributed by atoms with Gasteiger partial charge in [-0.05, 0) is 12.1 Å². The molecule has 0 radical (unpaired) electrons. The number of aromatic nitrogens is 5. The molecule has 3 rings (SSSR count). The van der Waals surface area contributed by atoms with Crippen molar-refractivity contribution < 1.29 is 17.7 Å². The second-order valence-electron chi connectivity index (χ2n) is 4.38. The molecule has 0 bridgehead atoms. The number of rotatable bonds is 3. The number of halogens is 3. The van der Waals surface area contributed by atoms with E-state index in [2.05, 4.69) is 29.8 Å². The molecule has 3 heterocycles. The quantitative estimate of drug-likeness (QED) is 0.767. The van der Waals surface area contributed by atoms with Gasteiger partial charge in [-0.25, -0.2) is 0 Å². The summed E-state index contributed by atoms with van der Waals surface area (Å²) in [5.74, 6) is -1.76. The second kappa shape index (κ2) is 5.13. The molecule has 3 aromatic rings. The zero-order chi connectivity index (χ0) is 15.7. The van der Waals surface area contributed by atoms with Crippen LogP contribution in [-0.2, 0) is 12.6 Å². The maximum atomic E-state index is 12.5. The number of nitrogens with one attached hydrogen (secondary N) is 2. The Bertz CT molecular complexity index is 835. The van der Waals surface area contributed by atoms with E-state index in [9.17, 15) is 18.0 Å². The van der Waals surface area contributed by atoms with E-state index >= 15 is 0 Å². The van der Waals surface area contributed by atoms with Crippen molar-refractivity contribution in [3.05, 3.63) is 52.0 Å². The summed E-state index contributed by atoms with van der Waals surface area (Å²) in [5.41, 5.74) is 0.543. The molecule has 10 heteroatoms. The van der Waals surface area contributed by atoms with Crippen LogP contribution >= 0.6 is 0 Å². The van der Waals surface area contributed by atoms with Crippen LogP contribution in [0.15, 0.2) is 33.8 Å². The van der Waals surface area contributed by atoms with Gasteiger partial charge in [0.05, 0.1) is 0 Å². The lowest BCUT2D eigenvalue weighted by Crippen LogP contribution is -2.14. The SMILES string of the molecule is O=c1[nH]ccc(-c2noc(C(F)(F)F)n2)c1Cc1ccn[nH]1. The third kappa shape index (κ3) is 2.62. The first kappa shape index (κ1) is 14.0. The normalized spacial score (nSPS) is 11.8. The Balaban J connectivity index is 2.05. The molecule has 0 fully saturated rings. The molecule has 0 spiro atoms. The zero-order valence-electron chi connectivity index (χ0n) is 10.8. The van der Waals surface area contributed by atoms with Crippen LogP contribution in [0.25, 0.3) is 11.4 Å². The molecule has 0 saturated heterocycles. The third-order valence-electron chi connectivity index (χ3n) is 2.90. The highest BCUT2D eigenvalue weighted by Gasteiger charge is 2.38. The number of aromatic amines is 2. The highest BCUT2D eigenvalue weighted by atomic mass is 19.4. The molecule has 3 aromatic heterocycles. The first-order valence-corrected chi connectivity index (χ1v) is 6.05. The minimum absolute atomic E-state index is 0.140. The smallest absolute Gasteiger partial charge is 0.329 e. The minimum atomic E-state index is -4.74. The highest BCUT2D eigenvalue weighted by Crippen LogP contribution is 2.29. The Hall–Kier alpha value is -2.91. The number of pyridine rings is 1. The first-order chi connectivity index (χ1) is 10.4. The summed E-state index contributed by atoms with van der Waals surface area (Å²) in [5, 5.41) is 9.72. The van der Waals surface area contributed by atoms with Gasteiger partial charge in [-0.1, -0.05) is 5.16 Å². The summed E-state index contributed by atoms with van der Waals surface area (Å²) in [7, 11) is 0. The Morgan fingerprint density at radius 2 is 2.09 bits per heavy atom. The van der Waals surface area contributed by atoms with Crippen LogP contribution in [0.2, 0.25) is 0 Å². The van der Waals surface area contributed by atoms with E-state index in [1.54, 1.807) is 6.07 Å². The molecule has 0 aliphatic heterocycles. The number of hydrogen-bond acceptors (Lipinski definition) is 5. The largest absolute Gasteiger partial charge is 0.471 e. The Morgan fingerprint density at radius 3 is 2.73 bits per heavy atom. The molecule has 0 aromatic carbocycles. The molecule has 0 aliphatic carbocycles. The van der Waals surface area contributed by atoms with Crippen LogP contribution in [0.5, 0.6) is 0 Å². The molecule has 0 aliphatic rings. The molecular formula is C12H8F3N5O2. The molecule has 0 atom stereocenters. The lowest BCUT2D eigenvalue weighted by Gasteiger charge is -2.03. The lowest BCUT2D eigenvalue weighted by atomic mass is 10.1. The maximum Gasteiger partial charge on any atom is 0.471 e. The van der Waals surface area contributed by atoms with Gasteiger partial charge in [-0.15, -0.1) is 0 Å². The van der Waals surface area contributed by atoms with E-state index in [-0.39, 0.29) is 23.4 Å². The minimum Gasteiger partial charge on any atom is -0.329 e. The van der Waals surface area contributed by atoms with E-state index in [0.717, 1.165) is 0 Å². The van der Waals surface area contributed by atoms with Crippen LogP contribution in [0.1, 0.15) is 17.1 Å². The topological polar surface area (TPSA) is 100 Å². The highest BCUT2D eigenvalue weighted by molar-refractivity contribution is 5.59. The number of hydrogen-bond donors (Lipinski definition) is 2. The van der Waals surface area contributed by atoms with Gasteiger partial charge < -0.3 is 9.51 Å². The van der Waals surface area contributed by atoms with Crippen molar-refractivity contribution in [1.82, 2.24) is 25.3 Å². The van der Waals surface area contributed by atoms with Gasteiger partial charge in [-0.3, -0.25) is 9.89 Å². The fourth-order valence-electron chi connectivity index (χ4n) is 1.92. The van der Waals surface area contributed by atoms with Gasteiger partial charge in [0.2, 0.25) is 5.82 Å². The monoisotopic (exact) mass is 311 g/mol. The van der Waals surface area contributed by atoms with Crippen molar-refractivity contribution in [2.45, 2.75) is 12.6 Å². The Morgan fingerprint density at radius 1 is 1.27 bits per heavy atom. The summed E-state index contributed by atoms with van der Waals surface area (Å²) in [6.45, 7) is 0. The lowest BCUT2D eigenvalue weighted by molar-refractivity contribution is -0.159. The Kier molecular flexibility index (Phi) is 3.28. The predicted molar refractivity (Wildman–Crippen MR) is 66.8 cm³/mol. The van der Waals surface area contributed by atoms with Gasteiger partial charge >= 0.3 is 12.1 Å². The van der Waals surface area contributed by atoms with Gasteiger partial charge in [0.15, 0.2) is 0 Å². The van der Waals surface area contributed by atoms with Gasteiger partial charge in [0, 0.05) is 35.6 Å². The fourth-order valence-corrected chi connectivity index (χ4v) is 1.92. The number of nitrogens with zero attached hydrogens (tertiary/aromatic N) is 3. The molecule has 0 unspecified atom stereocenters. The van der Waals surface area contributed by atoms with Crippen LogP contribution in [0.3, 0.4) is 0 Å². The van der Waals surface area contributed by atoms with Crippen LogP contribution < -0.4 is 5.56 Å². The molecular weight excluding hydrogens is 303 g/mol. The van der Waals surface area contributed by atoms with Gasteiger partial charge in [0.1, 0.15) is 0 Å². The summed E-state index contributed by atoms with van der Waals surface area (Å²) >= 11 is 0. The van der Waals surface area contributed by atoms with Crippen molar-refractivity contribution in [1.29, 1.82) is 0 Å². The van der Waals surface area contributed by atoms with E-state index in [4.69, 9.17) is 0 Å². The number of alkyl halides is 3. The van der Waals surface area contributed by atoms with Crippen LogP contribution in [0, 0.1) is 0 Å². The fraction of sp³-hybridized carbons (Fsp3) is 0.167. The average molecular weight is 311 g/mol. The van der Waals surface area contributed by atoms with Crippen molar-refractivity contribution in [3.8, 4) is 11.4 Å². The van der Waals surface area contributed by atoms with E-state index in [0.29, 0.717) is 5.69 Å².